The van der Waals surface area contributed by atoms with Crippen molar-refractivity contribution in [3.05, 3.63) is 70.5 Å². The molecular formula is C19H21FO. The number of aryl methyl sites for hydroxylation is 1. The van der Waals surface area contributed by atoms with E-state index < -0.39 is 0 Å². The number of ketones is 1. The minimum atomic E-state index is -0.286. The smallest absolute Gasteiger partial charge is 0.193 e. The van der Waals surface area contributed by atoms with Crippen LogP contribution in [0.1, 0.15) is 54.2 Å². The van der Waals surface area contributed by atoms with Gasteiger partial charge in [0.2, 0.25) is 0 Å². The summed E-state index contributed by atoms with van der Waals surface area (Å²) in [6, 6.07) is 12.2. The van der Waals surface area contributed by atoms with Crippen LogP contribution >= 0.6 is 0 Å². The molecule has 21 heavy (non-hydrogen) atoms. The highest BCUT2D eigenvalue weighted by Crippen LogP contribution is 2.27. The molecule has 2 aromatic carbocycles. The van der Waals surface area contributed by atoms with Gasteiger partial charge in [0, 0.05) is 11.1 Å². The number of carbonyl (C=O) groups is 1. The summed E-state index contributed by atoms with van der Waals surface area (Å²) >= 11 is 0. The quantitative estimate of drug-likeness (QED) is 0.718. The van der Waals surface area contributed by atoms with Crippen LogP contribution in [0.25, 0.3) is 0 Å². The molecule has 0 heterocycles. The van der Waals surface area contributed by atoms with Crippen LogP contribution in [0.3, 0.4) is 0 Å². The molecule has 2 rings (SSSR count). The summed E-state index contributed by atoms with van der Waals surface area (Å²) in [7, 11) is 0. The molecule has 0 bridgehead atoms. The molecule has 0 spiro atoms. The predicted octanol–water partition coefficient (Wildman–Crippen LogP) is 5.05. The third kappa shape index (κ3) is 3.21. The largest absolute Gasteiger partial charge is 0.289 e. The molecule has 0 aromatic heterocycles. The molecule has 2 heteroatoms. The Kier molecular flexibility index (Phi) is 4.26. The maximum Gasteiger partial charge on any atom is 0.193 e. The van der Waals surface area contributed by atoms with Gasteiger partial charge < -0.3 is 0 Å². The van der Waals surface area contributed by atoms with E-state index in [1.807, 2.05) is 24.3 Å². The van der Waals surface area contributed by atoms with Crippen molar-refractivity contribution < 1.29 is 9.18 Å². The molecule has 0 N–H and O–H groups in total. The van der Waals surface area contributed by atoms with Crippen LogP contribution in [0.5, 0.6) is 0 Å². The lowest BCUT2D eigenvalue weighted by atomic mass is 9.82. The van der Waals surface area contributed by atoms with E-state index in [0.717, 1.165) is 6.42 Å². The average molecular weight is 284 g/mol. The molecule has 0 saturated carbocycles. The highest BCUT2D eigenvalue weighted by Gasteiger charge is 2.18. The van der Waals surface area contributed by atoms with Gasteiger partial charge in [-0.25, -0.2) is 4.39 Å². The lowest BCUT2D eigenvalue weighted by Gasteiger charge is -2.23. The van der Waals surface area contributed by atoms with Crippen molar-refractivity contribution in [1.29, 1.82) is 0 Å². The molecule has 0 aliphatic heterocycles. The maximum atomic E-state index is 13.3. The summed E-state index contributed by atoms with van der Waals surface area (Å²) in [5.41, 5.74) is 2.98. The van der Waals surface area contributed by atoms with Crippen molar-refractivity contribution in [2.45, 2.75) is 39.5 Å². The first kappa shape index (κ1) is 15.4. The average Bonchev–Trinajstić information content (AvgIpc) is 2.49. The van der Waals surface area contributed by atoms with Crippen LogP contribution in [0, 0.1) is 12.7 Å². The molecule has 0 radical (unpaired) electrons. The van der Waals surface area contributed by atoms with Gasteiger partial charge in [-0.05, 0) is 48.1 Å². The highest BCUT2D eigenvalue weighted by atomic mass is 19.1. The summed E-state index contributed by atoms with van der Waals surface area (Å²) in [6.45, 7) is 8.19. The van der Waals surface area contributed by atoms with E-state index in [9.17, 15) is 9.18 Å². The fourth-order valence-corrected chi connectivity index (χ4v) is 2.23. The molecule has 110 valence electrons. The fraction of sp³-hybridized carbons (Fsp3) is 0.316. The summed E-state index contributed by atoms with van der Waals surface area (Å²) < 4.78 is 13.3. The zero-order valence-corrected chi connectivity index (χ0v) is 13.0. The van der Waals surface area contributed by atoms with Crippen molar-refractivity contribution in [3.8, 4) is 0 Å². The lowest BCUT2D eigenvalue weighted by Crippen LogP contribution is -2.15. The van der Waals surface area contributed by atoms with Crippen LogP contribution < -0.4 is 0 Å². The van der Waals surface area contributed by atoms with E-state index in [1.165, 1.54) is 17.7 Å². The van der Waals surface area contributed by atoms with Crippen molar-refractivity contribution in [3.63, 3.8) is 0 Å². The molecule has 0 amide bonds. The standard InChI is InChI=1S/C19H21FO/c1-5-19(3,4)16-9-6-14(7-10-16)18(21)15-8-11-17(20)13(2)12-15/h6-12H,5H2,1-4H3. The second-order valence-electron chi connectivity index (χ2n) is 6.11. The first-order valence-electron chi connectivity index (χ1n) is 7.26. The molecule has 1 nitrogen and oxygen atoms in total. The normalized spacial score (nSPS) is 11.5. The molecule has 0 aliphatic rings. The summed E-state index contributed by atoms with van der Waals surface area (Å²) in [5, 5.41) is 0. The van der Waals surface area contributed by atoms with Crippen molar-refractivity contribution in [2.75, 3.05) is 0 Å². The summed E-state index contributed by atoms with van der Waals surface area (Å²) in [5.74, 6) is -0.356. The Morgan fingerprint density at radius 2 is 1.62 bits per heavy atom. The van der Waals surface area contributed by atoms with Crippen molar-refractivity contribution >= 4 is 5.78 Å². The zero-order chi connectivity index (χ0) is 15.6. The minimum absolute atomic E-state index is 0.0704. The van der Waals surface area contributed by atoms with Crippen LogP contribution in [0.15, 0.2) is 42.5 Å². The summed E-state index contributed by atoms with van der Waals surface area (Å²) in [6.07, 6.45) is 1.04. The minimum Gasteiger partial charge on any atom is -0.289 e. The number of halogens is 1. The van der Waals surface area contributed by atoms with Crippen molar-refractivity contribution in [1.82, 2.24) is 0 Å². The maximum absolute atomic E-state index is 13.3. The van der Waals surface area contributed by atoms with Gasteiger partial charge >= 0.3 is 0 Å². The molecule has 2 aromatic rings. The Morgan fingerprint density at radius 3 is 2.14 bits per heavy atom. The number of hydrogen-bond donors (Lipinski definition) is 0. The number of benzene rings is 2. The van der Waals surface area contributed by atoms with E-state index in [-0.39, 0.29) is 17.0 Å². The zero-order valence-electron chi connectivity index (χ0n) is 13.0. The fourth-order valence-electron chi connectivity index (χ4n) is 2.23. The van der Waals surface area contributed by atoms with Gasteiger partial charge in [0.25, 0.3) is 0 Å². The van der Waals surface area contributed by atoms with E-state index in [1.54, 1.807) is 13.0 Å². The Balaban J connectivity index is 2.30. The van der Waals surface area contributed by atoms with Crippen molar-refractivity contribution in [2.24, 2.45) is 0 Å². The summed E-state index contributed by atoms with van der Waals surface area (Å²) in [4.78, 5) is 12.4. The van der Waals surface area contributed by atoms with Gasteiger partial charge in [0.05, 0.1) is 0 Å². The molecule has 0 aliphatic carbocycles. The van der Waals surface area contributed by atoms with Crippen LogP contribution in [0.4, 0.5) is 4.39 Å². The first-order chi connectivity index (χ1) is 9.85. The molecular weight excluding hydrogens is 263 g/mol. The monoisotopic (exact) mass is 284 g/mol. The Bertz CT molecular complexity index is 654. The molecule has 0 fully saturated rings. The van der Waals surface area contributed by atoms with Gasteiger partial charge in [-0.15, -0.1) is 0 Å². The van der Waals surface area contributed by atoms with Gasteiger partial charge in [-0.2, -0.15) is 0 Å². The van der Waals surface area contributed by atoms with E-state index >= 15 is 0 Å². The number of rotatable bonds is 4. The number of hydrogen-bond acceptors (Lipinski definition) is 1. The van der Waals surface area contributed by atoms with E-state index in [4.69, 9.17) is 0 Å². The van der Waals surface area contributed by atoms with Gasteiger partial charge in [-0.3, -0.25) is 4.79 Å². The third-order valence-corrected chi connectivity index (χ3v) is 4.23. The topological polar surface area (TPSA) is 17.1 Å². The highest BCUT2D eigenvalue weighted by molar-refractivity contribution is 6.09. The first-order valence-corrected chi connectivity index (χ1v) is 7.26. The van der Waals surface area contributed by atoms with Gasteiger partial charge in [0.15, 0.2) is 5.78 Å². The molecule has 0 unspecified atom stereocenters. The Morgan fingerprint density at radius 1 is 1.05 bits per heavy atom. The van der Waals surface area contributed by atoms with Gasteiger partial charge in [-0.1, -0.05) is 45.0 Å². The Labute approximate surface area is 125 Å². The van der Waals surface area contributed by atoms with Gasteiger partial charge in [0.1, 0.15) is 5.82 Å². The lowest BCUT2D eigenvalue weighted by molar-refractivity contribution is 0.103. The Hall–Kier alpha value is -1.96. The molecule has 0 atom stereocenters. The van der Waals surface area contributed by atoms with Crippen LogP contribution in [-0.2, 0) is 5.41 Å². The second kappa shape index (κ2) is 5.80. The third-order valence-electron chi connectivity index (χ3n) is 4.23. The van der Waals surface area contributed by atoms with E-state index in [2.05, 4.69) is 20.8 Å². The van der Waals surface area contributed by atoms with Crippen LogP contribution in [0.2, 0.25) is 0 Å². The van der Waals surface area contributed by atoms with E-state index in [0.29, 0.717) is 16.7 Å². The SMILES string of the molecule is CCC(C)(C)c1ccc(C(=O)c2ccc(F)c(C)c2)cc1. The predicted molar refractivity (Wildman–Crippen MR) is 84.3 cm³/mol. The molecule has 0 saturated heterocycles. The van der Waals surface area contributed by atoms with Crippen LogP contribution in [-0.4, -0.2) is 5.78 Å². The number of carbonyl (C=O) groups excluding carboxylic acids is 1. The second-order valence-corrected chi connectivity index (χ2v) is 6.11.